The highest BCUT2D eigenvalue weighted by atomic mass is 19.2. The molecule has 0 bridgehead atoms. The summed E-state index contributed by atoms with van der Waals surface area (Å²) in [6.45, 7) is 0. The number of amides is 1. The first kappa shape index (κ1) is 16.6. The number of rotatable bonds is 5. The number of halogens is 2. The van der Waals surface area contributed by atoms with Crippen molar-refractivity contribution in [2.24, 2.45) is 0 Å². The molecule has 0 fully saturated rings. The quantitative estimate of drug-likeness (QED) is 0.862. The van der Waals surface area contributed by atoms with Gasteiger partial charge in [-0.3, -0.25) is 9.59 Å². The molecule has 4 nitrogen and oxygen atoms in total. The molecule has 1 N–H and O–H groups in total. The van der Waals surface area contributed by atoms with Crippen LogP contribution in [0.25, 0.3) is 0 Å². The molecule has 120 valence electrons. The highest BCUT2D eigenvalue weighted by Gasteiger charge is 2.20. The fraction of sp³-hybridized carbons (Fsp3) is 0.176. The van der Waals surface area contributed by atoms with E-state index in [1.807, 2.05) is 0 Å². The van der Waals surface area contributed by atoms with Crippen LogP contribution in [-0.4, -0.2) is 19.0 Å². The minimum atomic E-state index is -1.11. The Balaban J connectivity index is 2.21. The van der Waals surface area contributed by atoms with Crippen LogP contribution >= 0.6 is 0 Å². The van der Waals surface area contributed by atoms with E-state index < -0.39 is 29.6 Å². The minimum absolute atomic E-state index is 0.0327. The molecule has 1 unspecified atom stereocenters. The first-order valence-corrected chi connectivity index (χ1v) is 6.89. The van der Waals surface area contributed by atoms with Gasteiger partial charge < -0.3 is 10.1 Å². The lowest BCUT2D eigenvalue weighted by molar-refractivity contribution is -0.141. The van der Waals surface area contributed by atoms with Gasteiger partial charge >= 0.3 is 5.97 Å². The van der Waals surface area contributed by atoms with E-state index in [2.05, 4.69) is 10.1 Å². The van der Waals surface area contributed by atoms with Crippen molar-refractivity contribution in [3.8, 4) is 0 Å². The second-order valence-electron chi connectivity index (χ2n) is 4.85. The average molecular weight is 319 g/mol. The van der Waals surface area contributed by atoms with Gasteiger partial charge in [0.2, 0.25) is 0 Å². The van der Waals surface area contributed by atoms with E-state index in [0.717, 1.165) is 12.1 Å². The van der Waals surface area contributed by atoms with E-state index >= 15 is 0 Å². The van der Waals surface area contributed by atoms with Gasteiger partial charge in [0.1, 0.15) is 0 Å². The number of hydrogen-bond acceptors (Lipinski definition) is 3. The van der Waals surface area contributed by atoms with E-state index in [1.165, 1.54) is 13.2 Å². The van der Waals surface area contributed by atoms with Crippen molar-refractivity contribution in [3.05, 3.63) is 71.3 Å². The number of methoxy groups -OCH3 is 1. The molecule has 2 rings (SSSR count). The van der Waals surface area contributed by atoms with Crippen LogP contribution in [0.2, 0.25) is 0 Å². The number of benzene rings is 2. The van der Waals surface area contributed by atoms with Crippen LogP contribution < -0.4 is 5.32 Å². The van der Waals surface area contributed by atoms with E-state index in [-0.39, 0.29) is 12.0 Å². The molecular formula is C17H15F2NO3. The molecular weight excluding hydrogens is 304 g/mol. The Kier molecular flexibility index (Phi) is 5.41. The van der Waals surface area contributed by atoms with Crippen LogP contribution in [0, 0.1) is 11.6 Å². The molecule has 23 heavy (non-hydrogen) atoms. The Morgan fingerprint density at radius 3 is 2.39 bits per heavy atom. The van der Waals surface area contributed by atoms with Gasteiger partial charge in [0, 0.05) is 5.56 Å². The molecule has 6 heteroatoms. The van der Waals surface area contributed by atoms with Crippen molar-refractivity contribution < 1.29 is 23.1 Å². The number of ether oxygens (including phenoxy) is 1. The third-order valence-corrected chi connectivity index (χ3v) is 3.29. The molecule has 1 atom stereocenters. The Labute approximate surface area is 132 Å². The maximum absolute atomic E-state index is 13.2. The van der Waals surface area contributed by atoms with Crippen molar-refractivity contribution in [1.29, 1.82) is 0 Å². The number of carbonyl (C=O) groups excluding carboxylic acids is 2. The predicted molar refractivity (Wildman–Crippen MR) is 79.6 cm³/mol. The second kappa shape index (κ2) is 7.49. The van der Waals surface area contributed by atoms with Gasteiger partial charge in [-0.15, -0.1) is 0 Å². The van der Waals surface area contributed by atoms with Crippen molar-refractivity contribution in [3.63, 3.8) is 0 Å². The van der Waals surface area contributed by atoms with Crippen LogP contribution in [-0.2, 0) is 9.53 Å². The van der Waals surface area contributed by atoms with Crippen LogP contribution in [0.5, 0.6) is 0 Å². The fourth-order valence-corrected chi connectivity index (χ4v) is 2.07. The topological polar surface area (TPSA) is 55.4 Å². The molecule has 2 aromatic carbocycles. The Bertz CT molecular complexity index is 704. The monoisotopic (exact) mass is 319 g/mol. The summed E-state index contributed by atoms with van der Waals surface area (Å²) >= 11 is 0. The summed E-state index contributed by atoms with van der Waals surface area (Å²) in [5, 5.41) is 2.63. The molecule has 1 amide bonds. The molecule has 0 aromatic heterocycles. The summed E-state index contributed by atoms with van der Waals surface area (Å²) in [6, 6.07) is 11.1. The number of nitrogens with one attached hydrogen (secondary N) is 1. The van der Waals surface area contributed by atoms with Gasteiger partial charge in [-0.25, -0.2) is 8.78 Å². The standard InChI is InChI=1S/C17H15F2NO3/c1-23-16(21)10-15(11-5-3-2-4-6-11)20-17(22)12-7-8-13(18)14(19)9-12/h2-9,15H,10H2,1H3,(H,20,22). The van der Waals surface area contributed by atoms with Crippen LogP contribution in [0.15, 0.2) is 48.5 Å². The Morgan fingerprint density at radius 2 is 1.78 bits per heavy atom. The third-order valence-electron chi connectivity index (χ3n) is 3.29. The summed E-state index contributed by atoms with van der Waals surface area (Å²) < 4.78 is 30.8. The summed E-state index contributed by atoms with van der Waals surface area (Å²) in [4.78, 5) is 23.7. The van der Waals surface area contributed by atoms with E-state index in [4.69, 9.17) is 0 Å². The van der Waals surface area contributed by atoms with Crippen LogP contribution in [0.3, 0.4) is 0 Å². The van der Waals surface area contributed by atoms with Crippen LogP contribution in [0.4, 0.5) is 8.78 Å². The summed E-state index contributed by atoms with van der Waals surface area (Å²) in [6.07, 6.45) is -0.0735. The zero-order valence-corrected chi connectivity index (χ0v) is 12.4. The third kappa shape index (κ3) is 4.35. The Hall–Kier alpha value is -2.76. The summed E-state index contributed by atoms with van der Waals surface area (Å²) in [5.74, 6) is -3.25. The summed E-state index contributed by atoms with van der Waals surface area (Å²) in [7, 11) is 1.25. The average Bonchev–Trinajstić information content (AvgIpc) is 2.57. The van der Waals surface area contributed by atoms with Gasteiger partial charge in [-0.05, 0) is 23.8 Å². The zero-order chi connectivity index (χ0) is 16.8. The first-order chi connectivity index (χ1) is 11.0. The molecule has 0 aliphatic carbocycles. The lowest BCUT2D eigenvalue weighted by atomic mass is 10.0. The number of carbonyl (C=O) groups is 2. The second-order valence-corrected chi connectivity index (χ2v) is 4.85. The molecule has 0 aliphatic rings. The largest absolute Gasteiger partial charge is 0.469 e. The maximum Gasteiger partial charge on any atom is 0.307 e. The fourth-order valence-electron chi connectivity index (χ4n) is 2.07. The zero-order valence-electron chi connectivity index (χ0n) is 12.4. The van der Waals surface area contributed by atoms with Crippen molar-refractivity contribution in [1.82, 2.24) is 5.32 Å². The molecule has 0 aliphatic heterocycles. The SMILES string of the molecule is COC(=O)CC(NC(=O)c1ccc(F)c(F)c1)c1ccccc1. The van der Waals surface area contributed by atoms with Crippen molar-refractivity contribution in [2.45, 2.75) is 12.5 Å². The molecule has 0 spiro atoms. The van der Waals surface area contributed by atoms with Gasteiger partial charge in [0.25, 0.3) is 5.91 Å². The maximum atomic E-state index is 13.2. The molecule has 2 aromatic rings. The predicted octanol–water partition coefficient (Wildman–Crippen LogP) is 3.00. The molecule has 0 radical (unpaired) electrons. The first-order valence-electron chi connectivity index (χ1n) is 6.89. The van der Waals surface area contributed by atoms with E-state index in [0.29, 0.717) is 5.56 Å². The van der Waals surface area contributed by atoms with E-state index in [1.54, 1.807) is 30.3 Å². The van der Waals surface area contributed by atoms with Gasteiger partial charge in [0.05, 0.1) is 19.6 Å². The Morgan fingerprint density at radius 1 is 1.09 bits per heavy atom. The molecule has 0 saturated heterocycles. The normalized spacial score (nSPS) is 11.6. The lowest BCUT2D eigenvalue weighted by Gasteiger charge is -2.18. The minimum Gasteiger partial charge on any atom is -0.469 e. The van der Waals surface area contributed by atoms with Gasteiger partial charge in [-0.2, -0.15) is 0 Å². The lowest BCUT2D eigenvalue weighted by Crippen LogP contribution is -2.30. The van der Waals surface area contributed by atoms with Gasteiger partial charge in [0.15, 0.2) is 11.6 Å². The highest BCUT2D eigenvalue weighted by Crippen LogP contribution is 2.18. The molecule has 0 heterocycles. The van der Waals surface area contributed by atoms with E-state index in [9.17, 15) is 18.4 Å². The van der Waals surface area contributed by atoms with Crippen molar-refractivity contribution >= 4 is 11.9 Å². The molecule has 0 saturated carbocycles. The number of esters is 1. The van der Waals surface area contributed by atoms with Crippen molar-refractivity contribution in [2.75, 3.05) is 7.11 Å². The van der Waals surface area contributed by atoms with Gasteiger partial charge in [-0.1, -0.05) is 30.3 Å². The summed E-state index contributed by atoms with van der Waals surface area (Å²) in [5.41, 5.74) is 0.670. The van der Waals surface area contributed by atoms with Crippen LogP contribution in [0.1, 0.15) is 28.4 Å². The smallest absolute Gasteiger partial charge is 0.307 e. The number of hydrogen-bond donors (Lipinski definition) is 1. The highest BCUT2D eigenvalue weighted by molar-refractivity contribution is 5.94.